The Balaban J connectivity index is 1.42. The van der Waals surface area contributed by atoms with Gasteiger partial charge in [0, 0.05) is 24.0 Å². The number of rotatable bonds is 4. The van der Waals surface area contributed by atoms with E-state index in [1.54, 1.807) is 28.8 Å². The van der Waals surface area contributed by atoms with Crippen LogP contribution in [0.4, 0.5) is 5.69 Å². The Labute approximate surface area is 139 Å². The van der Waals surface area contributed by atoms with Crippen LogP contribution in [0.3, 0.4) is 0 Å². The molecule has 1 aliphatic heterocycles. The third-order valence-electron chi connectivity index (χ3n) is 3.26. The Kier molecular flexibility index (Phi) is 3.58. The number of thioether (sulfide) groups is 1. The number of carbonyl (C=O) groups excluding carboxylic acids is 1. The van der Waals surface area contributed by atoms with E-state index in [0.29, 0.717) is 28.1 Å². The maximum absolute atomic E-state index is 12.1. The zero-order valence-corrected chi connectivity index (χ0v) is 13.0. The van der Waals surface area contributed by atoms with Crippen LogP contribution in [-0.2, 0) is 4.79 Å². The molecule has 0 unspecified atom stereocenters. The van der Waals surface area contributed by atoms with Crippen molar-refractivity contribution < 1.29 is 14.3 Å². The lowest BCUT2D eigenvalue weighted by molar-refractivity contribution is -0.113. The van der Waals surface area contributed by atoms with Gasteiger partial charge >= 0.3 is 0 Å². The molecule has 0 radical (unpaired) electrons. The number of H-pyrrole nitrogens is 1. The smallest absolute Gasteiger partial charge is 0.252 e. The first kappa shape index (κ1) is 14.6. The van der Waals surface area contributed by atoms with E-state index in [1.165, 1.54) is 17.8 Å². The molecule has 1 aromatic carbocycles. The van der Waals surface area contributed by atoms with E-state index in [0.717, 1.165) is 0 Å². The largest absolute Gasteiger partial charge is 0.454 e. The van der Waals surface area contributed by atoms with Crippen LogP contribution in [0.25, 0.3) is 5.78 Å². The Bertz CT molecular complexity index is 983. The highest BCUT2D eigenvalue weighted by atomic mass is 32.2. The first-order chi connectivity index (χ1) is 11.7. The molecule has 3 heterocycles. The van der Waals surface area contributed by atoms with E-state index in [9.17, 15) is 9.59 Å². The van der Waals surface area contributed by atoms with Crippen molar-refractivity contribution in [2.24, 2.45) is 0 Å². The molecular weight excluding hydrogens is 334 g/mol. The van der Waals surface area contributed by atoms with Crippen LogP contribution < -0.4 is 20.3 Å². The average molecular weight is 345 g/mol. The normalized spacial score (nSPS) is 12.5. The zero-order valence-electron chi connectivity index (χ0n) is 12.2. The second-order valence-corrected chi connectivity index (χ2v) is 5.83. The molecule has 2 N–H and O–H groups in total. The summed E-state index contributed by atoms with van der Waals surface area (Å²) in [6.07, 6.45) is 1.56. The van der Waals surface area contributed by atoms with Crippen molar-refractivity contribution in [1.29, 1.82) is 0 Å². The first-order valence-electron chi connectivity index (χ1n) is 6.95. The molecule has 3 aromatic rings. The van der Waals surface area contributed by atoms with Gasteiger partial charge in [-0.05, 0) is 12.1 Å². The SMILES string of the molecule is O=C(CSc1nnc2[nH]c(=O)ccn12)Nc1ccc2c(c1)OCO2. The van der Waals surface area contributed by atoms with Gasteiger partial charge in [0.15, 0.2) is 16.7 Å². The highest BCUT2D eigenvalue weighted by Gasteiger charge is 2.15. The number of nitrogens with zero attached hydrogens (tertiary/aromatic N) is 3. The Morgan fingerprint density at radius 3 is 3.08 bits per heavy atom. The van der Waals surface area contributed by atoms with Gasteiger partial charge in [-0.25, -0.2) is 0 Å². The molecule has 0 saturated heterocycles. The Morgan fingerprint density at radius 1 is 1.29 bits per heavy atom. The number of nitrogens with one attached hydrogen (secondary N) is 2. The van der Waals surface area contributed by atoms with Crippen molar-refractivity contribution in [3.63, 3.8) is 0 Å². The average Bonchev–Trinajstić information content (AvgIpc) is 3.18. The third-order valence-corrected chi connectivity index (χ3v) is 4.21. The van der Waals surface area contributed by atoms with Crippen LogP contribution in [0.1, 0.15) is 0 Å². The number of carbonyl (C=O) groups is 1. The van der Waals surface area contributed by atoms with Gasteiger partial charge in [-0.15, -0.1) is 10.2 Å². The van der Waals surface area contributed by atoms with Gasteiger partial charge in [0.25, 0.3) is 5.56 Å². The van der Waals surface area contributed by atoms with E-state index in [-0.39, 0.29) is 24.0 Å². The van der Waals surface area contributed by atoms with Crippen LogP contribution in [0.5, 0.6) is 11.5 Å². The molecule has 4 rings (SSSR count). The van der Waals surface area contributed by atoms with Gasteiger partial charge in [0.05, 0.1) is 5.75 Å². The fraction of sp³-hybridized carbons (Fsp3) is 0.143. The molecule has 1 amide bonds. The maximum atomic E-state index is 12.1. The molecule has 2 aromatic heterocycles. The molecule has 122 valence electrons. The monoisotopic (exact) mass is 345 g/mol. The minimum absolute atomic E-state index is 0.147. The lowest BCUT2D eigenvalue weighted by Gasteiger charge is -2.05. The number of aromatic amines is 1. The predicted molar refractivity (Wildman–Crippen MR) is 85.5 cm³/mol. The zero-order chi connectivity index (χ0) is 16.5. The number of anilines is 1. The van der Waals surface area contributed by atoms with Gasteiger partial charge in [0.2, 0.25) is 18.5 Å². The summed E-state index contributed by atoms with van der Waals surface area (Å²) in [7, 11) is 0. The van der Waals surface area contributed by atoms with Crippen LogP contribution in [0.15, 0.2) is 40.4 Å². The fourth-order valence-electron chi connectivity index (χ4n) is 2.19. The van der Waals surface area contributed by atoms with E-state index in [1.807, 2.05) is 0 Å². The minimum Gasteiger partial charge on any atom is -0.454 e. The van der Waals surface area contributed by atoms with Crippen LogP contribution in [-0.4, -0.2) is 38.0 Å². The number of ether oxygens (including phenoxy) is 2. The standard InChI is InChI=1S/C14H11N5O4S/c20-11-3-4-19-13(16-11)17-18-14(19)24-6-12(21)15-8-1-2-9-10(5-8)23-7-22-9/h1-5H,6-7H2,(H,15,21)(H,16,17,20). The van der Waals surface area contributed by atoms with Crippen molar-refractivity contribution in [2.75, 3.05) is 17.9 Å². The number of hydrogen-bond acceptors (Lipinski definition) is 7. The van der Waals surface area contributed by atoms with Gasteiger partial charge in [-0.1, -0.05) is 11.8 Å². The summed E-state index contributed by atoms with van der Waals surface area (Å²) in [5.74, 6) is 1.55. The summed E-state index contributed by atoms with van der Waals surface area (Å²) in [6, 6.07) is 6.57. The number of benzene rings is 1. The van der Waals surface area contributed by atoms with Crippen molar-refractivity contribution in [2.45, 2.75) is 5.16 Å². The van der Waals surface area contributed by atoms with Gasteiger partial charge in [0.1, 0.15) is 0 Å². The molecule has 0 atom stereocenters. The van der Waals surface area contributed by atoms with E-state index >= 15 is 0 Å². The molecular formula is C14H11N5O4S. The van der Waals surface area contributed by atoms with Crippen LogP contribution >= 0.6 is 11.8 Å². The maximum Gasteiger partial charge on any atom is 0.252 e. The second kappa shape index (κ2) is 5.89. The van der Waals surface area contributed by atoms with Gasteiger partial charge in [-0.3, -0.25) is 19.0 Å². The van der Waals surface area contributed by atoms with Gasteiger partial charge in [-0.2, -0.15) is 0 Å². The molecule has 9 nitrogen and oxygen atoms in total. The van der Waals surface area contributed by atoms with Crippen molar-refractivity contribution in [3.05, 3.63) is 40.8 Å². The summed E-state index contributed by atoms with van der Waals surface area (Å²) in [5.41, 5.74) is 0.368. The third kappa shape index (κ3) is 2.78. The molecule has 1 aliphatic rings. The molecule has 0 spiro atoms. The van der Waals surface area contributed by atoms with Crippen LogP contribution in [0, 0.1) is 0 Å². The topological polar surface area (TPSA) is 111 Å². The highest BCUT2D eigenvalue weighted by molar-refractivity contribution is 7.99. The number of hydrogen-bond donors (Lipinski definition) is 2. The Morgan fingerprint density at radius 2 is 2.17 bits per heavy atom. The highest BCUT2D eigenvalue weighted by Crippen LogP contribution is 2.34. The summed E-state index contributed by atoms with van der Waals surface area (Å²) in [6.45, 7) is 0.185. The van der Waals surface area contributed by atoms with E-state index in [2.05, 4.69) is 20.5 Å². The molecule has 24 heavy (non-hydrogen) atoms. The molecule has 0 fully saturated rings. The van der Waals surface area contributed by atoms with Crippen molar-refractivity contribution in [1.82, 2.24) is 19.6 Å². The first-order valence-corrected chi connectivity index (χ1v) is 7.94. The quantitative estimate of drug-likeness (QED) is 0.675. The lowest BCUT2D eigenvalue weighted by Crippen LogP contribution is -2.14. The summed E-state index contributed by atoms with van der Waals surface area (Å²) in [5, 5.41) is 11.1. The summed E-state index contributed by atoms with van der Waals surface area (Å²) in [4.78, 5) is 25.9. The molecule has 0 saturated carbocycles. The number of aromatic nitrogens is 4. The van der Waals surface area contributed by atoms with Gasteiger partial charge < -0.3 is 14.8 Å². The lowest BCUT2D eigenvalue weighted by atomic mass is 10.3. The molecule has 0 aliphatic carbocycles. The second-order valence-electron chi connectivity index (χ2n) is 4.89. The predicted octanol–water partition coefficient (Wildman–Crippen LogP) is 0.877. The minimum atomic E-state index is -0.257. The summed E-state index contributed by atoms with van der Waals surface area (Å²) >= 11 is 1.21. The fourth-order valence-corrected chi connectivity index (χ4v) is 2.91. The summed E-state index contributed by atoms with van der Waals surface area (Å²) < 4.78 is 12.1. The van der Waals surface area contributed by atoms with Crippen molar-refractivity contribution >= 4 is 29.1 Å². The van der Waals surface area contributed by atoms with Crippen LogP contribution in [0.2, 0.25) is 0 Å². The molecule has 10 heteroatoms. The van der Waals surface area contributed by atoms with Crippen molar-refractivity contribution in [3.8, 4) is 11.5 Å². The number of fused-ring (bicyclic) bond motifs is 2. The number of amides is 1. The van der Waals surface area contributed by atoms with E-state index < -0.39 is 0 Å². The van der Waals surface area contributed by atoms with E-state index in [4.69, 9.17) is 9.47 Å². The molecule has 0 bridgehead atoms. The Hall–Kier alpha value is -3.01.